The van der Waals surface area contributed by atoms with Crippen molar-refractivity contribution < 1.29 is 40.6 Å². The highest BCUT2D eigenvalue weighted by atomic mass is 35.5. The minimum atomic E-state index is -4.06. The molecule has 1 atom stereocenters. The average molecular weight is 904 g/mol. The highest BCUT2D eigenvalue weighted by Crippen LogP contribution is 2.39. The summed E-state index contributed by atoms with van der Waals surface area (Å²) >= 11 is 6.91. The number of anilines is 1. The Morgan fingerprint density at radius 1 is 0.905 bits per heavy atom. The fourth-order valence-electron chi connectivity index (χ4n) is 7.17. The molecule has 0 aliphatic carbocycles. The van der Waals surface area contributed by atoms with Gasteiger partial charge < -0.3 is 19.5 Å². The molecular formula is C44H41ClF3N7O7S. The maximum absolute atomic E-state index is 15.3. The van der Waals surface area contributed by atoms with Crippen LogP contribution in [0.15, 0.2) is 89.7 Å². The zero-order chi connectivity index (χ0) is 45.5. The van der Waals surface area contributed by atoms with E-state index >= 15 is 9.18 Å². The first-order valence-electron chi connectivity index (χ1n) is 19.2. The molecule has 63 heavy (non-hydrogen) atoms. The van der Waals surface area contributed by atoms with Gasteiger partial charge in [0.1, 0.15) is 34.6 Å². The number of aryl methyl sites for hydroxylation is 1. The molecule has 0 bridgehead atoms. The van der Waals surface area contributed by atoms with Crippen molar-refractivity contribution >= 4 is 55.5 Å². The first-order chi connectivity index (χ1) is 29.8. The lowest BCUT2D eigenvalue weighted by Crippen LogP contribution is -2.39. The van der Waals surface area contributed by atoms with E-state index in [-0.39, 0.29) is 79.8 Å². The molecule has 0 saturated carbocycles. The Morgan fingerprint density at radius 3 is 2.21 bits per heavy atom. The second-order valence-corrected chi connectivity index (χ2v) is 17.9. The number of nitrogens with one attached hydrogen (secondary N) is 1. The third-order valence-electron chi connectivity index (χ3n) is 9.83. The molecule has 0 spiro atoms. The van der Waals surface area contributed by atoms with Crippen LogP contribution in [0.3, 0.4) is 0 Å². The summed E-state index contributed by atoms with van der Waals surface area (Å²) in [6.45, 7) is 4.73. The molecule has 4 aromatic carbocycles. The van der Waals surface area contributed by atoms with E-state index < -0.39 is 50.8 Å². The molecule has 0 aliphatic heterocycles. The molecule has 7 aromatic rings. The van der Waals surface area contributed by atoms with Crippen molar-refractivity contribution in [3.8, 4) is 28.4 Å². The van der Waals surface area contributed by atoms with Crippen molar-refractivity contribution in [2.24, 2.45) is 7.05 Å². The van der Waals surface area contributed by atoms with Crippen molar-refractivity contribution in [3.63, 3.8) is 0 Å². The number of ether oxygens (including phenoxy) is 3. The number of alkyl carbamates (subject to hydrolysis) is 1. The Balaban J connectivity index is 1.55. The quantitative estimate of drug-likeness (QED) is 0.127. The van der Waals surface area contributed by atoms with Gasteiger partial charge in [-0.25, -0.2) is 35.7 Å². The van der Waals surface area contributed by atoms with Crippen LogP contribution in [0.4, 0.5) is 23.8 Å². The number of pyridine rings is 1. The largest absolute Gasteiger partial charge is 0.497 e. The van der Waals surface area contributed by atoms with Gasteiger partial charge in [-0.05, 0) is 80.4 Å². The molecule has 0 unspecified atom stereocenters. The van der Waals surface area contributed by atoms with E-state index in [1.54, 1.807) is 51.1 Å². The smallest absolute Gasteiger partial charge is 0.408 e. The van der Waals surface area contributed by atoms with Crippen molar-refractivity contribution in [1.29, 1.82) is 0 Å². The van der Waals surface area contributed by atoms with E-state index in [9.17, 15) is 22.0 Å². The van der Waals surface area contributed by atoms with Gasteiger partial charge in [-0.15, -0.1) is 0 Å². The highest BCUT2D eigenvalue weighted by molar-refractivity contribution is 7.92. The fraction of sp³-hybridized carbons (Fsp3) is 0.250. The van der Waals surface area contributed by atoms with Crippen LogP contribution in [0.1, 0.15) is 43.8 Å². The molecule has 1 amide bonds. The van der Waals surface area contributed by atoms with E-state index in [1.807, 2.05) is 0 Å². The predicted octanol–water partition coefficient (Wildman–Crippen LogP) is 8.20. The summed E-state index contributed by atoms with van der Waals surface area (Å²) in [7, 11) is 0.276. The van der Waals surface area contributed by atoms with Gasteiger partial charge in [0.2, 0.25) is 15.9 Å². The number of rotatable bonds is 12. The minimum absolute atomic E-state index is 0.0487. The number of benzene rings is 4. The molecule has 328 valence electrons. The molecule has 7 rings (SSSR count). The van der Waals surface area contributed by atoms with Crippen LogP contribution in [-0.4, -0.2) is 64.9 Å². The van der Waals surface area contributed by atoms with Crippen LogP contribution < -0.4 is 24.7 Å². The number of amides is 1. The summed E-state index contributed by atoms with van der Waals surface area (Å²) in [5.41, 5.74) is -0.952. The molecule has 0 aliphatic rings. The van der Waals surface area contributed by atoms with Gasteiger partial charge >= 0.3 is 6.09 Å². The lowest BCUT2D eigenvalue weighted by atomic mass is 10.0. The molecule has 0 radical (unpaired) electrons. The van der Waals surface area contributed by atoms with Crippen molar-refractivity contribution in [1.82, 2.24) is 29.6 Å². The lowest BCUT2D eigenvalue weighted by Gasteiger charge is -2.26. The van der Waals surface area contributed by atoms with Crippen molar-refractivity contribution in [2.45, 2.75) is 45.4 Å². The van der Waals surface area contributed by atoms with Crippen LogP contribution in [0.2, 0.25) is 5.02 Å². The summed E-state index contributed by atoms with van der Waals surface area (Å²) in [6.07, 6.45) is -0.286. The van der Waals surface area contributed by atoms with Crippen LogP contribution in [0, 0.1) is 17.5 Å². The maximum Gasteiger partial charge on any atom is 0.408 e. The van der Waals surface area contributed by atoms with Gasteiger partial charge in [-0.3, -0.25) is 14.0 Å². The van der Waals surface area contributed by atoms with E-state index in [0.29, 0.717) is 17.4 Å². The molecule has 3 aromatic heterocycles. The Hall–Kier alpha value is -6.66. The summed E-state index contributed by atoms with van der Waals surface area (Å²) in [4.78, 5) is 38.3. The zero-order valence-electron chi connectivity index (χ0n) is 35.0. The highest BCUT2D eigenvalue weighted by Gasteiger charge is 2.32. The van der Waals surface area contributed by atoms with E-state index in [0.717, 1.165) is 27.3 Å². The molecule has 0 saturated heterocycles. The lowest BCUT2D eigenvalue weighted by molar-refractivity contribution is 0.0500. The fourth-order valence-corrected chi connectivity index (χ4v) is 8.23. The molecule has 19 heteroatoms. The SMILES string of the molecule is COc1ccc(CN(c2nn(C)c3c(-n4c([C@H](Cc5cc(F)cc(F)c5)NC(=O)OC(C)(C)C)nc5nc(OC)c(-c6ccccc6F)cc5c4=O)ccc(Cl)c23)S(C)(=O)=O)cc1. The number of hydrogen-bond donors (Lipinski definition) is 1. The molecule has 0 fully saturated rings. The first kappa shape index (κ1) is 44.4. The summed E-state index contributed by atoms with van der Waals surface area (Å²) in [5.74, 6) is -2.24. The number of carbonyl (C=O) groups excluding carboxylic acids is 1. The van der Waals surface area contributed by atoms with Crippen molar-refractivity contribution in [2.75, 3.05) is 24.8 Å². The zero-order valence-corrected chi connectivity index (χ0v) is 36.6. The topological polar surface area (TPSA) is 160 Å². The summed E-state index contributed by atoms with van der Waals surface area (Å²) < 4.78 is 91.8. The number of aromatic nitrogens is 5. The van der Waals surface area contributed by atoms with Crippen LogP contribution >= 0.6 is 11.6 Å². The van der Waals surface area contributed by atoms with E-state index in [4.69, 9.17) is 30.8 Å². The monoisotopic (exact) mass is 903 g/mol. The second-order valence-electron chi connectivity index (χ2n) is 15.5. The summed E-state index contributed by atoms with van der Waals surface area (Å²) in [6, 6.07) is 18.3. The number of methoxy groups -OCH3 is 2. The van der Waals surface area contributed by atoms with Gasteiger partial charge in [0, 0.05) is 30.7 Å². The normalized spacial score (nSPS) is 12.4. The molecule has 1 N–H and O–H groups in total. The Bertz CT molecular complexity index is 3060. The number of fused-ring (bicyclic) bond motifs is 2. The maximum atomic E-state index is 15.3. The Morgan fingerprint density at radius 2 is 1.59 bits per heavy atom. The Kier molecular flexibility index (Phi) is 12.2. The van der Waals surface area contributed by atoms with Gasteiger partial charge in [0.15, 0.2) is 11.5 Å². The van der Waals surface area contributed by atoms with Crippen LogP contribution in [-0.2, 0) is 34.8 Å². The van der Waals surface area contributed by atoms with Gasteiger partial charge in [0.05, 0.1) is 60.1 Å². The van der Waals surface area contributed by atoms with Crippen molar-refractivity contribution in [3.05, 3.63) is 135 Å². The average Bonchev–Trinajstić information content (AvgIpc) is 3.55. The second kappa shape index (κ2) is 17.2. The number of halogens is 4. The predicted molar refractivity (Wildman–Crippen MR) is 233 cm³/mol. The van der Waals surface area contributed by atoms with E-state index in [1.165, 1.54) is 62.3 Å². The molecule has 14 nitrogen and oxygen atoms in total. The van der Waals surface area contributed by atoms with E-state index in [2.05, 4.69) is 15.4 Å². The van der Waals surface area contributed by atoms with Gasteiger partial charge in [-0.1, -0.05) is 41.9 Å². The van der Waals surface area contributed by atoms with Gasteiger partial charge in [-0.2, -0.15) is 10.1 Å². The number of hydrogen-bond acceptors (Lipinski definition) is 10. The molecular weight excluding hydrogens is 863 g/mol. The number of sulfonamides is 1. The number of carbonyl (C=O) groups is 1. The van der Waals surface area contributed by atoms with Gasteiger partial charge in [0.25, 0.3) is 5.56 Å². The summed E-state index contributed by atoms with van der Waals surface area (Å²) in [5, 5.41) is 7.42. The van der Waals surface area contributed by atoms with Crippen LogP contribution in [0.25, 0.3) is 38.8 Å². The number of nitrogens with zero attached hydrogens (tertiary/aromatic N) is 6. The standard InChI is InChI=1S/C44H41ClF3N7O7S/c1-44(2,3)62-43(57)49-34(20-25-18-26(46)21-27(47)19-25)39-50-38-31(22-30(41(51-38)61-6)29-10-8-9-11-33(29)48)42(56)55(39)35-17-16-32(45)36-37(35)53(4)52-40(36)54(63(7,58)59)23-24-12-14-28(60-5)15-13-24/h8-19,21-22,34H,20,23H2,1-7H3,(H,49,57)/t34-/m0/s1. The third-order valence-corrected chi connectivity index (χ3v) is 11.3. The third kappa shape index (κ3) is 9.27. The Labute approximate surface area is 364 Å². The minimum Gasteiger partial charge on any atom is -0.497 e. The molecule has 3 heterocycles. The van der Waals surface area contributed by atoms with Crippen LogP contribution in [0.5, 0.6) is 11.6 Å². The first-order valence-corrected chi connectivity index (χ1v) is 21.5.